The van der Waals surface area contributed by atoms with Crippen molar-refractivity contribution in [3.8, 4) is 33.4 Å². The molecule has 0 bridgehead atoms. The van der Waals surface area contributed by atoms with E-state index in [9.17, 15) is 0 Å². The van der Waals surface area contributed by atoms with Crippen molar-refractivity contribution in [3.63, 3.8) is 0 Å². The molecular weight excluding hydrogens is 548 g/mol. The van der Waals surface area contributed by atoms with Crippen molar-refractivity contribution in [2.75, 3.05) is 5.73 Å². The molecule has 1 aliphatic rings. The van der Waals surface area contributed by atoms with Crippen LogP contribution >= 0.6 is 0 Å². The van der Waals surface area contributed by atoms with Gasteiger partial charge >= 0.3 is 0 Å². The molecule has 1 heterocycles. The van der Waals surface area contributed by atoms with Crippen LogP contribution < -0.4 is 5.73 Å². The van der Waals surface area contributed by atoms with Crippen molar-refractivity contribution in [1.82, 2.24) is 4.98 Å². The van der Waals surface area contributed by atoms with Gasteiger partial charge in [-0.1, -0.05) is 127 Å². The van der Waals surface area contributed by atoms with Crippen LogP contribution in [-0.4, -0.2) is 16.4 Å². The highest BCUT2D eigenvalue weighted by Crippen LogP contribution is 2.31. The predicted molar refractivity (Wildman–Crippen MR) is 189 cm³/mol. The Morgan fingerprint density at radius 1 is 0.422 bits per heavy atom. The Kier molecular flexibility index (Phi) is 8.66. The van der Waals surface area contributed by atoms with Crippen molar-refractivity contribution in [1.29, 1.82) is 10.8 Å². The van der Waals surface area contributed by atoms with E-state index >= 15 is 0 Å². The number of anilines is 1. The largest absolute Gasteiger partial charge is 0.399 e. The zero-order valence-electron chi connectivity index (χ0n) is 24.7. The number of pyridine rings is 1. The third kappa shape index (κ3) is 6.93. The summed E-state index contributed by atoms with van der Waals surface area (Å²) < 4.78 is 0. The lowest BCUT2D eigenvalue weighted by atomic mass is 9.87. The summed E-state index contributed by atoms with van der Waals surface area (Å²) in [5, 5.41) is 16.8. The number of rotatable bonds is 5. The summed E-state index contributed by atoms with van der Waals surface area (Å²) >= 11 is 0. The Hall–Kier alpha value is -6.13. The Labute approximate surface area is 263 Å². The van der Waals surface area contributed by atoms with E-state index in [4.69, 9.17) is 16.6 Å². The highest BCUT2D eigenvalue weighted by Gasteiger charge is 2.18. The van der Waals surface area contributed by atoms with Crippen molar-refractivity contribution < 1.29 is 0 Å². The SMILES string of the molecule is N=C1C=C(c2ccc(-c3ccccc3)cc2)C=C(c2ccc(-c3ccccc3)cc2)C1=N.Nc1ccc(-c2cccnc2)cc1. The molecule has 0 amide bonds. The molecule has 0 radical (unpaired) electrons. The van der Waals surface area contributed by atoms with Crippen LogP contribution in [0.3, 0.4) is 0 Å². The standard InChI is InChI=1S/C30H22N2.C11H10N2/c31-29-20-27(25-13-11-23(12-14-25)21-7-3-1-4-8-21)19-28(30(29)32)26-17-15-24(16-18-26)22-9-5-2-6-10-22;12-11-5-3-9(4-6-11)10-2-1-7-13-8-10/h1-20,31-32H;1-8H,12H2. The molecule has 216 valence electrons. The average molecular weight is 581 g/mol. The minimum Gasteiger partial charge on any atom is -0.399 e. The average Bonchev–Trinajstić information content (AvgIpc) is 3.11. The summed E-state index contributed by atoms with van der Waals surface area (Å²) in [5.41, 5.74) is 17.5. The van der Waals surface area contributed by atoms with Gasteiger partial charge in [0.05, 0.1) is 11.4 Å². The van der Waals surface area contributed by atoms with E-state index in [0.29, 0.717) is 0 Å². The number of nitrogen functional groups attached to an aromatic ring is 1. The molecule has 0 saturated heterocycles. The van der Waals surface area contributed by atoms with Gasteiger partial charge in [-0.2, -0.15) is 0 Å². The minimum absolute atomic E-state index is 0.233. The second kappa shape index (κ2) is 13.4. The molecule has 1 aromatic heterocycles. The lowest BCUT2D eigenvalue weighted by molar-refractivity contribution is 1.33. The van der Waals surface area contributed by atoms with Gasteiger partial charge in [0.25, 0.3) is 0 Å². The van der Waals surface area contributed by atoms with Gasteiger partial charge in [-0.15, -0.1) is 0 Å². The zero-order chi connectivity index (χ0) is 31.0. The molecule has 4 N–H and O–H groups in total. The first-order chi connectivity index (χ1) is 22.0. The molecule has 0 spiro atoms. The lowest BCUT2D eigenvalue weighted by Crippen LogP contribution is -2.15. The smallest absolute Gasteiger partial charge is 0.0867 e. The maximum Gasteiger partial charge on any atom is 0.0867 e. The van der Waals surface area contributed by atoms with Crippen LogP contribution in [0.5, 0.6) is 0 Å². The number of nitrogens with two attached hydrogens (primary N) is 1. The number of hydrogen-bond acceptors (Lipinski definition) is 4. The summed E-state index contributed by atoms with van der Waals surface area (Å²) in [6.45, 7) is 0. The van der Waals surface area contributed by atoms with E-state index < -0.39 is 0 Å². The third-order valence-corrected chi connectivity index (χ3v) is 7.67. The number of nitrogens with zero attached hydrogens (tertiary/aromatic N) is 1. The lowest BCUT2D eigenvalue weighted by Gasteiger charge is -2.17. The molecule has 0 fully saturated rings. The number of hydrogen-bond donors (Lipinski definition) is 3. The number of benzene rings is 5. The molecule has 0 unspecified atom stereocenters. The van der Waals surface area contributed by atoms with E-state index in [1.165, 1.54) is 11.1 Å². The summed E-state index contributed by atoms with van der Waals surface area (Å²) in [5.74, 6) is 0. The summed E-state index contributed by atoms with van der Waals surface area (Å²) in [6.07, 6.45) is 7.41. The first-order valence-corrected chi connectivity index (χ1v) is 14.7. The Balaban J connectivity index is 0.000000229. The highest BCUT2D eigenvalue weighted by molar-refractivity contribution is 6.61. The molecule has 7 rings (SSSR count). The van der Waals surface area contributed by atoms with Crippen molar-refractivity contribution in [2.45, 2.75) is 0 Å². The second-order valence-electron chi connectivity index (χ2n) is 10.7. The number of allylic oxidation sites excluding steroid dienone is 4. The van der Waals surface area contributed by atoms with Crippen LogP contribution in [0.2, 0.25) is 0 Å². The van der Waals surface area contributed by atoms with E-state index in [2.05, 4.69) is 65.6 Å². The Bertz CT molecular complexity index is 1970. The van der Waals surface area contributed by atoms with E-state index in [1.54, 1.807) is 12.3 Å². The van der Waals surface area contributed by atoms with Crippen molar-refractivity contribution in [2.24, 2.45) is 0 Å². The monoisotopic (exact) mass is 580 g/mol. The van der Waals surface area contributed by atoms with Gasteiger partial charge in [0.1, 0.15) is 0 Å². The van der Waals surface area contributed by atoms with Gasteiger partial charge < -0.3 is 5.73 Å². The summed E-state index contributed by atoms with van der Waals surface area (Å²) in [4.78, 5) is 4.05. The van der Waals surface area contributed by atoms with Gasteiger partial charge in [0, 0.05) is 23.7 Å². The Morgan fingerprint density at radius 3 is 1.40 bits per heavy atom. The molecule has 4 heteroatoms. The van der Waals surface area contributed by atoms with Gasteiger partial charge in [0.2, 0.25) is 0 Å². The van der Waals surface area contributed by atoms with E-state index in [0.717, 1.165) is 50.2 Å². The molecule has 0 atom stereocenters. The summed E-state index contributed by atoms with van der Waals surface area (Å²) in [7, 11) is 0. The van der Waals surface area contributed by atoms with Crippen LogP contribution in [0.1, 0.15) is 11.1 Å². The molecule has 4 nitrogen and oxygen atoms in total. The van der Waals surface area contributed by atoms with E-state index in [-0.39, 0.29) is 11.4 Å². The zero-order valence-corrected chi connectivity index (χ0v) is 24.7. The Morgan fingerprint density at radius 2 is 0.867 bits per heavy atom. The topological polar surface area (TPSA) is 86.6 Å². The maximum atomic E-state index is 8.47. The molecular formula is C41H32N4. The van der Waals surface area contributed by atoms with Crippen LogP contribution in [0.25, 0.3) is 44.5 Å². The van der Waals surface area contributed by atoms with Crippen LogP contribution in [-0.2, 0) is 0 Å². The van der Waals surface area contributed by atoms with Crippen LogP contribution in [0.4, 0.5) is 5.69 Å². The maximum absolute atomic E-state index is 8.47. The van der Waals surface area contributed by atoms with Crippen molar-refractivity contribution in [3.05, 3.63) is 181 Å². The highest BCUT2D eigenvalue weighted by atomic mass is 14.6. The summed E-state index contributed by atoms with van der Waals surface area (Å²) in [6, 6.07) is 48.9. The predicted octanol–water partition coefficient (Wildman–Crippen LogP) is 9.87. The molecule has 0 saturated carbocycles. The molecule has 1 aliphatic carbocycles. The third-order valence-electron chi connectivity index (χ3n) is 7.67. The fourth-order valence-electron chi connectivity index (χ4n) is 5.20. The molecule has 5 aromatic carbocycles. The first-order valence-electron chi connectivity index (χ1n) is 14.7. The fourth-order valence-corrected chi connectivity index (χ4v) is 5.20. The van der Waals surface area contributed by atoms with Gasteiger partial charge in [-0.25, -0.2) is 0 Å². The van der Waals surface area contributed by atoms with E-state index in [1.807, 2.05) is 97.2 Å². The van der Waals surface area contributed by atoms with Gasteiger partial charge in [-0.3, -0.25) is 15.8 Å². The minimum atomic E-state index is 0.233. The van der Waals surface area contributed by atoms with Gasteiger partial charge in [0.15, 0.2) is 0 Å². The number of aromatic nitrogens is 1. The molecule has 45 heavy (non-hydrogen) atoms. The van der Waals surface area contributed by atoms with Crippen molar-refractivity contribution >= 4 is 28.3 Å². The quantitative estimate of drug-likeness (QED) is 0.140. The number of nitrogens with one attached hydrogen (secondary N) is 2. The van der Waals surface area contributed by atoms with Gasteiger partial charge in [-0.05, 0) is 80.4 Å². The normalized spacial score (nSPS) is 12.4. The first kappa shape index (κ1) is 29.0. The van der Waals surface area contributed by atoms with Crippen LogP contribution in [0.15, 0.2) is 170 Å². The fraction of sp³-hybridized carbons (Fsp3) is 0. The molecule has 6 aromatic rings. The van der Waals surface area contributed by atoms with Crippen LogP contribution in [0, 0.1) is 10.8 Å². The second-order valence-corrected chi connectivity index (χ2v) is 10.7. The molecule has 0 aliphatic heterocycles.